The van der Waals surface area contributed by atoms with Gasteiger partial charge in [-0.25, -0.2) is 18.7 Å². The molecule has 0 aliphatic rings. The number of hydrogen-bond acceptors (Lipinski definition) is 9. The molecule has 17 heteroatoms. The molecule has 0 atom stereocenters. The van der Waals surface area contributed by atoms with E-state index in [-0.39, 0.29) is 37.2 Å². The van der Waals surface area contributed by atoms with Gasteiger partial charge in [0.2, 0.25) is 0 Å². The number of benzene rings is 14. The average Bonchev–Trinajstić information content (AvgIpc) is 1.31. The molecule has 0 fully saturated rings. The molecule has 16 rings (SSSR count). The summed E-state index contributed by atoms with van der Waals surface area (Å²) in [5.41, 5.74) is 0.950. The van der Waals surface area contributed by atoms with Gasteiger partial charge in [0.25, 0.3) is 0 Å². The smallest absolute Gasteiger partial charge is 0.161 e. The van der Waals surface area contributed by atoms with Crippen LogP contribution in [0.15, 0.2) is 429 Å². The van der Waals surface area contributed by atoms with Crippen molar-refractivity contribution in [3.63, 3.8) is 0 Å². The van der Waals surface area contributed by atoms with Crippen LogP contribution in [0.4, 0.5) is 14.5 Å². The van der Waals surface area contributed by atoms with Crippen molar-refractivity contribution in [1.29, 1.82) is 0 Å². The van der Waals surface area contributed by atoms with E-state index in [1.54, 1.807) is 12.1 Å². The molecule has 7 nitrogen and oxygen atoms in total. The number of hydrogen-bond donors (Lipinski definition) is 2. The van der Waals surface area contributed by atoms with Crippen LogP contribution in [-0.4, -0.2) is 33.0 Å². The predicted molar refractivity (Wildman–Crippen MR) is 461 cm³/mol. The summed E-state index contributed by atoms with van der Waals surface area (Å²) in [5.74, 6) is -0.688. The van der Waals surface area contributed by atoms with E-state index in [2.05, 4.69) is 390 Å². The molecule has 0 unspecified atom stereocenters. The van der Waals surface area contributed by atoms with E-state index in [0.717, 1.165) is 39.2 Å². The van der Waals surface area contributed by atoms with Gasteiger partial charge >= 0.3 is 0 Å². The van der Waals surface area contributed by atoms with Crippen LogP contribution in [0.25, 0.3) is 10.6 Å². The van der Waals surface area contributed by atoms with Crippen molar-refractivity contribution < 1.29 is 49.2 Å². The molecule has 0 aliphatic heterocycles. The van der Waals surface area contributed by atoms with Gasteiger partial charge in [0.05, 0.1) is 15.4 Å². The maximum atomic E-state index is 12.6. The quantitative estimate of drug-likeness (QED) is 0.0430. The van der Waals surface area contributed by atoms with Crippen molar-refractivity contribution in [3.05, 3.63) is 450 Å². The zero-order valence-corrected chi connectivity index (χ0v) is 67.0. The summed E-state index contributed by atoms with van der Waals surface area (Å²) in [6.45, 7) is 0. The molecule has 2 aromatic heterocycles. The third-order valence-electron chi connectivity index (χ3n) is 15.6. The molecule has 0 saturated heterocycles. The molecule has 0 aliphatic carbocycles. The van der Waals surface area contributed by atoms with E-state index >= 15 is 0 Å². The fourth-order valence-electron chi connectivity index (χ4n) is 10.7. The first-order valence-corrected chi connectivity index (χ1v) is 41.9. The number of carbonyl (C=O) groups is 2. The second kappa shape index (κ2) is 46.5. The van der Waals surface area contributed by atoms with Gasteiger partial charge in [-0.3, -0.25) is 20.0 Å². The van der Waals surface area contributed by atoms with Crippen LogP contribution in [0.5, 0.6) is 0 Å². The van der Waals surface area contributed by atoms with Gasteiger partial charge in [-0.1, -0.05) is 364 Å². The largest absolute Gasteiger partial charge is 0.297 e. The van der Waals surface area contributed by atoms with E-state index in [4.69, 9.17) is 10.4 Å². The minimum Gasteiger partial charge on any atom is -0.297 e. The minimum atomic E-state index is -0.446. The number of nitrogens with zero attached hydrogens (tertiary/aromatic N) is 3. The molecule has 0 bridgehead atoms. The summed E-state index contributed by atoms with van der Waals surface area (Å²) in [4.78, 5) is 29.5. The SMILES string of the molecule is O=Cc1cnc(-c2ccc(F)cc2)s1.O=Cc1cnc(Br)s1.ON(O)c1ccc(F)cc1.[Pd].c1ccc(P(c2ccccc2)c2ccccc2)cc1.c1ccc(P(c2ccccc2)c2ccccc2)cc1.c1ccc(P(c2ccccc2)c2ccccc2)cc1.c1ccc(P(c2ccccc2)c2ccccc2)cc1. The van der Waals surface area contributed by atoms with Gasteiger partial charge in [-0.15, -0.1) is 27.9 Å². The molecule has 0 saturated carbocycles. The molecule has 2 N–H and O–H groups in total. The Morgan fingerprint density at radius 3 is 0.642 bits per heavy atom. The maximum Gasteiger partial charge on any atom is 0.161 e. The maximum absolute atomic E-state index is 12.6. The van der Waals surface area contributed by atoms with Crippen molar-refractivity contribution in [2.75, 3.05) is 5.23 Å². The summed E-state index contributed by atoms with van der Waals surface area (Å²) in [7, 11) is -1.78. The molecule has 2 heterocycles. The number of aromatic nitrogens is 2. The Kier molecular flexibility index (Phi) is 35.5. The molecule has 0 radical (unpaired) electrons. The van der Waals surface area contributed by atoms with Gasteiger partial charge in [0.1, 0.15) is 16.6 Å². The Hall–Kier alpha value is -9.88. The Morgan fingerprint density at radius 1 is 0.284 bits per heavy atom. The monoisotopic (exact) mass is 1700 g/mol. The summed E-state index contributed by atoms with van der Waals surface area (Å²) >= 11 is 5.74. The first-order chi connectivity index (χ1) is 53.1. The van der Waals surface area contributed by atoms with Gasteiger partial charge < -0.3 is 0 Å². The van der Waals surface area contributed by atoms with Crippen molar-refractivity contribution in [2.45, 2.75) is 0 Å². The third kappa shape index (κ3) is 26.7. The Balaban J connectivity index is 0.000000149. The van der Waals surface area contributed by atoms with E-state index in [1.807, 2.05) is 0 Å². The normalized spacial score (nSPS) is 10.2. The van der Waals surface area contributed by atoms with Crippen LogP contribution in [0.3, 0.4) is 0 Å². The van der Waals surface area contributed by atoms with E-state index in [1.165, 1.54) is 123 Å². The summed E-state index contributed by atoms with van der Waals surface area (Å²) in [6, 6.07) is 140. The Bertz CT molecular complexity index is 4300. The van der Waals surface area contributed by atoms with Crippen molar-refractivity contribution >= 4 is 152 Å². The standard InChI is InChI=1S/4C18H15P.C10H6FNOS.C6H6FNO2.C4H2BrNOS.Pd/c4*1-4-10-16(11-5-1)19(17-12-6-2-7-13-17)18-14-8-3-9-15-18;11-8-3-1-7(2-4-8)10-12-5-9(6-13)14-10;7-5-1-3-6(4-2-5)8(9)10;5-4-6-1-3(2-7)8-4;/h4*1-15H;1-6H;1-4,9-10H;1-2H;. The third-order valence-corrected chi connectivity index (χ3v) is 27.7. The van der Waals surface area contributed by atoms with Gasteiger partial charge in [0, 0.05) is 38.4 Å². The van der Waals surface area contributed by atoms with Crippen molar-refractivity contribution in [1.82, 2.24) is 9.97 Å². The van der Waals surface area contributed by atoms with E-state index < -0.39 is 37.5 Å². The molecule has 544 valence electrons. The number of aldehydes is 2. The zero-order chi connectivity index (χ0) is 75.2. The molecule has 109 heavy (non-hydrogen) atoms. The first kappa shape index (κ1) is 83.2. The molecule has 0 spiro atoms. The number of rotatable bonds is 16. The van der Waals surface area contributed by atoms with E-state index in [9.17, 15) is 18.4 Å². The number of halogens is 3. The molecule has 0 amide bonds. The first-order valence-electron chi connectivity index (χ1n) is 34.1. The second-order valence-corrected chi connectivity index (χ2v) is 35.2. The molecule has 14 aromatic carbocycles. The van der Waals surface area contributed by atoms with E-state index in [0.29, 0.717) is 9.75 Å². The van der Waals surface area contributed by atoms with Crippen LogP contribution in [0.1, 0.15) is 19.3 Å². The average molecular weight is 1700 g/mol. The number of thiazole rings is 2. The zero-order valence-electron chi connectivity index (χ0n) is 58.7. The van der Waals surface area contributed by atoms with Gasteiger partial charge in [-0.2, -0.15) is 0 Å². The van der Waals surface area contributed by atoms with Crippen LogP contribution in [-0.2, 0) is 20.4 Å². The van der Waals surface area contributed by atoms with Crippen LogP contribution in [0, 0.1) is 11.6 Å². The fraction of sp³-hybridized carbons (Fsp3) is 0. The molecule has 16 aromatic rings. The Morgan fingerprint density at radius 2 is 0.477 bits per heavy atom. The summed E-state index contributed by atoms with van der Waals surface area (Å²) in [5, 5.41) is 34.2. The van der Waals surface area contributed by atoms with Crippen LogP contribution in [0.2, 0.25) is 0 Å². The van der Waals surface area contributed by atoms with Crippen molar-refractivity contribution in [2.24, 2.45) is 0 Å². The number of anilines is 1. The van der Waals surface area contributed by atoms with Crippen LogP contribution < -0.4 is 68.9 Å². The number of carbonyl (C=O) groups excluding carboxylic acids is 2. The van der Waals surface area contributed by atoms with Crippen molar-refractivity contribution in [3.8, 4) is 10.6 Å². The second-order valence-electron chi connectivity index (χ2n) is 23.0. The molecular formula is C92H74BrF2N3O4P4PdS2. The summed E-state index contributed by atoms with van der Waals surface area (Å²) in [6.07, 6.45) is 4.57. The van der Waals surface area contributed by atoms with Gasteiger partial charge in [0.15, 0.2) is 16.5 Å². The summed E-state index contributed by atoms with van der Waals surface area (Å²) < 4.78 is 25.5. The Labute approximate surface area is 671 Å². The fourth-order valence-corrected chi connectivity index (χ4v) is 21.7. The minimum absolute atomic E-state index is 0. The topological polar surface area (TPSA) is 104 Å². The molecular weight excluding hydrogens is 1620 g/mol. The van der Waals surface area contributed by atoms with Crippen LogP contribution >= 0.6 is 70.3 Å². The van der Waals surface area contributed by atoms with Gasteiger partial charge in [-0.05, 0) is 160 Å². The predicted octanol–water partition coefficient (Wildman–Crippen LogP) is 19.7.